The van der Waals surface area contributed by atoms with Gasteiger partial charge >= 0.3 is 0 Å². The van der Waals surface area contributed by atoms with Crippen LogP contribution < -0.4 is 5.32 Å². The minimum atomic E-state index is 0.739. The van der Waals surface area contributed by atoms with Crippen molar-refractivity contribution < 1.29 is 0 Å². The largest absolute Gasteiger partial charge is 0.314 e. The van der Waals surface area contributed by atoms with E-state index in [4.69, 9.17) is 0 Å². The van der Waals surface area contributed by atoms with Crippen molar-refractivity contribution in [3.63, 3.8) is 0 Å². The molecule has 19 heavy (non-hydrogen) atoms. The maximum atomic E-state index is 4.07. The van der Waals surface area contributed by atoms with Crippen molar-refractivity contribution >= 4 is 0 Å². The average molecular weight is 263 g/mol. The fourth-order valence-electron chi connectivity index (χ4n) is 3.87. The fourth-order valence-corrected chi connectivity index (χ4v) is 3.87. The summed E-state index contributed by atoms with van der Waals surface area (Å²) in [4.78, 5) is 2.74. The van der Waals surface area contributed by atoms with Crippen molar-refractivity contribution in [3.8, 4) is 0 Å². The second-order valence-corrected chi connectivity index (χ2v) is 5.87. The van der Waals surface area contributed by atoms with Gasteiger partial charge in [-0.15, -0.1) is 5.10 Å². The van der Waals surface area contributed by atoms with E-state index < -0.39 is 0 Å². The Kier molecular flexibility index (Phi) is 4.13. The highest BCUT2D eigenvalue weighted by Crippen LogP contribution is 2.33. The van der Waals surface area contributed by atoms with Gasteiger partial charge in [-0.1, -0.05) is 18.6 Å². The van der Waals surface area contributed by atoms with E-state index >= 15 is 0 Å². The smallest absolute Gasteiger partial charge is 0.0692 e. The topological polar surface area (TPSA) is 46.0 Å². The van der Waals surface area contributed by atoms with Crippen LogP contribution in [-0.4, -0.2) is 51.1 Å². The van der Waals surface area contributed by atoms with Crippen LogP contribution in [0.5, 0.6) is 0 Å². The molecule has 3 heterocycles. The molecular formula is C14H25N5. The van der Waals surface area contributed by atoms with Gasteiger partial charge in [0, 0.05) is 30.9 Å². The summed E-state index contributed by atoms with van der Waals surface area (Å²) in [6.45, 7) is 5.41. The number of aromatic nitrogens is 3. The molecular weight excluding hydrogens is 238 g/mol. The summed E-state index contributed by atoms with van der Waals surface area (Å²) in [5, 5.41) is 11.6. The van der Waals surface area contributed by atoms with Crippen molar-refractivity contribution in [1.29, 1.82) is 0 Å². The molecule has 0 aliphatic carbocycles. The van der Waals surface area contributed by atoms with Crippen molar-refractivity contribution in [2.24, 2.45) is 0 Å². The van der Waals surface area contributed by atoms with E-state index in [9.17, 15) is 0 Å². The van der Waals surface area contributed by atoms with Crippen molar-refractivity contribution in [3.05, 3.63) is 12.4 Å². The fraction of sp³-hybridized carbons (Fsp3) is 0.857. The molecule has 0 aromatic carbocycles. The molecule has 2 unspecified atom stereocenters. The molecule has 1 aromatic heterocycles. The van der Waals surface area contributed by atoms with E-state index in [1.807, 2.05) is 10.9 Å². The van der Waals surface area contributed by atoms with Crippen LogP contribution in [0.4, 0.5) is 0 Å². The molecule has 5 nitrogen and oxygen atoms in total. The molecule has 0 saturated carbocycles. The van der Waals surface area contributed by atoms with E-state index in [-0.39, 0.29) is 0 Å². The third-order valence-electron chi connectivity index (χ3n) is 4.68. The van der Waals surface area contributed by atoms with Crippen molar-refractivity contribution in [2.45, 2.75) is 63.7 Å². The summed E-state index contributed by atoms with van der Waals surface area (Å²) in [5.74, 6) is 0. The first kappa shape index (κ1) is 13.1. The molecule has 2 aliphatic heterocycles. The molecule has 2 fully saturated rings. The van der Waals surface area contributed by atoms with Crippen LogP contribution in [-0.2, 0) is 6.54 Å². The Morgan fingerprint density at radius 3 is 2.63 bits per heavy atom. The summed E-state index contributed by atoms with van der Waals surface area (Å²) in [7, 11) is 0. The second-order valence-electron chi connectivity index (χ2n) is 5.87. The quantitative estimate of drug-likeness (QED) is 0.869. The molecule has 106 valence electrons. The standard InChI is InChI=1S/C14H25N5/c1-2-15-12-10-13-4-3-5-14(11-12)19(13)9-8-18-7-6-16-17-18/h6-7,12-15H,2-5,8-11H2,1H3. The van der Waals surface area contributed by atoms with Crippen molar-refractivity contribution in [1.82, 2.24) is 25.2 Å². The lowest BCUT2D eigenvalue weighted by Gasteiger charge is -2.49. The summed E-state index contributed by atoms with van der Waals surface area (Å²) >= 11 is 0. The molecule has 1 aromatic rings. The van der Waals surface area contributed by atoms with Crippen LogP contribution in [0, 0.1) is 0 Å². The molecule has 0 spiro atoms. The first-order valence-electron chi connectivity index (χ1n) is 7.70. The van der Waals surface area contributed by atoms with Gasteiger partial charge in [0.2, 0.25) is 0 Å². The zero-order valence-corrected chi connectivity index (χ0v) is 11.8. The molecule has 0 amide bonds. The van der Waals surface area contributed by atoms with Crippen LogP contribution in [0.3, 0.4) is 0 Å². The molecule has 2 atom stereocenters. The Balaban J connectivity index is 1.59. The van der Waals surface area contributed by atoms with Crippen molar-refractivity contribution in [2.75, 3.05) is 13.1 Å². The Bertz CT molecular complexity index is 363. The number of hydrogen-bond donors (Lipinski definition) is 1. The SMILES string of the molecule is CCNC1CC2CCCC(C1)N2CCn1ccnn1. The lowest BCUT2D eigenvalue weighted by molar-refractivity contribution is 0.0215. The van der Waals surface area contributed by atoms with Crippen LogP contribution >= 0.6 is 0 Å². The van der Waals surface area contributed by atoms with Gasteiger partial charge in [-0.3, -0.25) is 9.58 Å². The average Bonchev–Trinajstić information content (AvgIpc) is 2.89. The Hall–Kier alpha value is -0.940. The van der Waals surface area contributed by atoms with E-state index in [1.54, 1.807) is 6.20 Å². The van der Waals surface area contributed by atoms with E-state index in [1.165, 1.54) is 32.1 Å². The number of nitrogens with one attached hydrogen (secondary N) is 1. The monoisotopic (exact) mass is 263 g/mol. The molecule has 0 radical (unpaired) electrons. The molecule has 1 N–H and O–H groups in total. The Morgan fingerprint density at radius 2 is 2.00 bits per heavy atom. The van der Waals surface area contributed by atoms with Crippen LogP contribution in [0.25, 0.3) is 0 Å². The minimum absolute atomic E-state index is 0.739. The summed E-state index contributed by atoms with van der Waals surface area (Å²) in [5.41, 5.74) is 0. The van der Waals surface area contributed by atoms with Gasteiger partial charge in [0.1, 0.15) is 0 Å². The Labute approximate surface area is 115 Å². The first-order chi connectivity index (χ1) is 9.36. The van der Waals surface area contributed by atoms with Gasteiger partial charge in [0.05, 0.1) is 12.7 Å². The third kappa shape index (κ3) is 2.98. The third-order valence-corrected chi connectivity index (χ3v) is 4.68. The number of fused-ring (bicyclic) bond motifs is 2. The molecule has 2 saturated heterocycles. The van der Waals surface area contributed by atoms with Gasteiger partial charge in [0.15, 0.2) is 0 Å². The second kappa shape index (κ2) is 6.01. The van der Waals surface area contributed by atoms with Gasteiger partial charge in [-0.05, 0) is 32.2 Å². The zero-order chi connectivity index (χ0) is 13.1. The predicted molar refractivity (Wildman–Crippen MR) is 74.9 cm³/mol. The van der Waals surface area contributed by atoms with Crippen LogP contribution in [0.1, 0.15) is 39.0 Å². The number of hydrogen-bond acceptors (Lipinski definition) is 4. The normalized spacial score (nSPS) is 31.5. The van der Waals surface area contributed by atoms with Crippen LogP contribution in [0.15, 0.2) is 12.4 Å². The molecule has 3 rings (SSSR count). The highest BCUT2D eigenvalue weighted by molar-refractivity contribution is 4.94. The summed E-state index contributed by atoms with van der Waals surface area (Å²) in [6, 6.07) is 2.29. The minimum Gasteiger partial charge on any atom is -0.314 e. The van der Waals surface area contributed by atoms with Gasteiger partial charge in [0.25, 0.3) is 0 Å². The lowest BCUT2D eigenvalue weighted by Crippen LogP contribution is -2.56. The maximum Gasteiger partial charge on any atom is 0.0692 e. The summed E-state index contributed by atoms with van der Waals surface area (Å²) in [6.07, 6.45) is 10.5. The number of piperidine rings is 2. The molecule has 2 aliphatic rings. The number of nitrogens with zero attached hydrogens (tertiary/aromatic N) is 4. The van der Waals surface area contributed by atoms with E-state index in [2.05, 4.69) is 27.5 Å². The first-order valence-corrected chi connectivity index (χ1v) is 7.70. The van der Waals surface area contributed by atoms with E-state index in [0.29, 0.717) is 0 Å². The zero-order valence-electron chi connectivity index (χ0n) is 11.8. The predicted octanol–water partition coefficient (Wildman–Crippen LogP) is 1.27. The van der Waals surface area contributed by atoms with Gasteiger partial charge in [-0.2, -0.15) is 0 Å². The summed E-state index contributed by atoms with van der Waals surface area (Å²) < 4.78 is 1.95. The number of rotatable bonds is 5. The lowest BCUT2D eigenvalue weighted by atomic mass is 9.81. The Morgan fingerprint density at radius 1 is 1.21 bits per heavy atom. The van der Waals surface area contributed by atoms with Gasteiger partial charge in [-0.25, -0.2) is 0 Å². The maximum absolute atomic E-state index is 4.07. The van der Waals surface area contributed by atoms with Crippen LogP contribution in [0.2, 0.25) is 0 Å². The molecule has 2 bridgehead atoms. The highest BCUT2D eigenvalue weighted by atomic mass is 15.4. The van der Waals surface area contributed by atoms with Gasteiger partial charge < -0.3 is 5.32 Å². The highest BCUT2D eigenvalue weighted by Gasteiger charge is 2.37. The van der Waals surface area contributed by atoms with E-state index in [0.717, 1.165) is 37.8 Å². The molecule has 5 heteroatoms.